The Morgan fingerprint density at radius 3 is 1.95 bits per heavy atom. The Labute approximate surface area is 133 Å². The average molecular weight is 349 g/mol. The summed E-state index contributed by atoms with van der Waals surface area (Å²) in [6, 6.07) is 0.722. The van der Waals surface area contributed by atoms with E-state index in [1.807, 2.05) is 6.92 Å². The summed E-state index contributed by atoms with van der Waals surface area (Å²) in [7, 11) is -5.53. The molecule has 0 aliphatic heterocycles. The molecule has 0 aliphatic carbocycles. The number of allylic oxidation sites excluding steroid dienone is 2. The van der Waals surface area contributed by atoms with Crippen LogP contribution in [0.15, 0.2) is 12.2 Å². The summed E-state index contributed by atoms with van der Waals surface area (Å²) in [6.07, 6.45) is 4.06. The first-order chi connectivity index (χ1) is 9.50. The van der Waals surface area contributed by atoms with Crippen molar-refractivity contribution in [2.75, 3.05) is 6.61 Å². The summed E-state index contributed by atoms with van der Waals surface area (Å²) >= 11 is 0. The number of aliphatic hydroxyl groups is 1. The molecule has 0 saturated carbocycles. The summed E-state index contributed by atoms with van der Waals surface area (Å²) in [5.41, 5.74) is 0. The first-order valence-electron chi connectivity index (χ1n) is 7.63. The van der Waals surface area contributed by atoms with Gasteiger partial charge in [0.15, 0.2) is 25.4 Å². The van der Waals surface area contributed by atoms with Gasteiger partial charge in [-0.25, -0.2) is 0 Å². The second kappa shape index (κ2) is 9.16. The molecule has 0 bridgehead atoms. The minimum Gasteiger partial charge on any atom is -0.397 e. The van der Waals surface area contributed by atoms with E-state index in [0.717, 1.165) is 6.04 Å². The van der Waals surface area contributed by atoms with Crippen molar-refractivity contribution in [3.8, 4) is 0 Å². The van der Waals surface area contributed by atoms with E-state index in [-0.39, 0.29) is 17.9 Å². The van der Waals surface area contributed by atoms with Crippen LogP contribution in [-0.2, 0) is 13.6 Å². The Balaban J connectivity index is 5.27. The van der Waals surface area contributed by atoms with Crippen LogP contribution in [0.4, 0.5) is 0 Å². The van der Waals surface area contributed by atoms with Crippen LogP contribution < -0.4 is 0 Å². The van der Waals surface area contributed by atoms with Gasteiger partial charge in [0.1, 0.15) is 11.3 Å². The van der Waals surface area contributed by atoms with Crippen LogP contribution in [0.5, 0.6) is 0 Å². The van der Waals surface area contributed by atoms with E-state index in [1.165, 1.54) is 0 Å². The van der Waals surface area contributed by atoms with Crippen LogP contribution in [0, 0.1) is 0 Å². The van der Waals surface area contributed by atoms with Gasteiger partial charge >= 0.3 is 0 Å². The summed E-state index contributed by atoms with van der Waals surface area (Å²) in [5, 5.41) is 9.26. The van der Waals surface area contributed by atoms with Crippen LogP contribution in [-0.4, -0.2) is 48.5 Å². The maximum absolute atomic E-state index is 12.4. The summed E-state index contributed by atoms with van der Waals surface area (Å²) in [6.45, 7) is 14.7. The fourth-order valence-electron chi connectivity index (χ4n) is 1.90. The van der Waals surface area contributed by atoms with Crippen LogP contribution >= 0.6 is 0 Å². The van der Waals surface area contributed by atoms with E-state index in [2.05, 4.69) is 39.3 Å². The average Bonchev–Trinajstić information content (AvgIpc) is 2.25. The molecule has 0 amide bonds. The standard InChI is InChI=1S/C14H32O4Si3/c1-8-10-13(16)19(12-9-11-15)14(17-20(2,3)4)18-21(5,6)7/h8,10,14-15,19H,9,11-12H2,1-7H3. The van der Waals surface area contributed by atoms with Gasteiger partial charge in [-0.05, 0) is 64.7 Å². The van der Waals surface area contributed by atoms with Gasteiger partial charge in [0.2, 0.25) is 0 Å². The second-order valence-corrected chi connectivity index (χ2v) is 19.0. The van der Waals surface area contributed by atoms with Gasteiger partial charge in [0.25, 0.3) is 0 Å². The van der Waals surface area contributed by atoms with E-state index >= 15 is 0 Å². The zero-order valence-electron chi connectivity index (χ0n) is 14.6. The van der Waals surface area contributed by atoms with Gasteiger partial charge in [-0.15, -0.1) is 0 Å². The molecule has 0 aromatic rings. The molecule has 0 aliphatic rings. The molecule has 1 atom stereocenters. The number of aliphatic hydroxyl groups excluding tert-OH is 1. The van der Waals surface area contributed by atoms with Gasteiger partial charge < -0.3 is 18.8 Å². The molecule has 7 heteroatoms. The molecule has 0 saturated heterocycles. The topological polar surface area (TPSA) is 55.8 Å². The fourth-order valence-corrected chi connectivity index (χ4v) is 9.13. The normalized spacial score (nSPS) is 14.9. The monoisotopic (exact) mass is 348 g/mol. The summed E-state index contributed by atoms with van der Waals surface area (Å²) < 4.78 is 12.4. The van der Waals surface area contributed by atoms with E-state index in [0.29, 0.717) is 6.42 Å². The quantitative estimate of drug-likeness (QED) is 0.375. The zero-order valence-corrected chi connectivity index (χ0v) is 17.8. The van der Waals surface area contributed by atoms with Crippen molar-refractivity contribution in [2.24, 2.45) is 0 Å². The minimum absolute atomic E-state index is 0.110. The van der Waals surface area contributed by atoms with Crippen LogP contribution in [0.25, 0.3) is 0 Å². The van der Waals surface area contributed by atoms with E-state index in [4.69, 9.17) is 14.0 Å². The predicted octanol–water partition coefficient (Wildman–Crippen LogP) is 2.85. The molecule has 0 aromatic heterocycles. The molecule has 124 valence electrons. The van der Waals surface area contributed by atoms with Crippen molar-refractivity contribution >= 4 is 30.8 Å². The lowest BCUT2D eigenvalue weighted by Gasteiger charge is -2.35. The van der Waals surface area contributed by atoms with E-state index in [9.17, 15) is 4.79 Å². The maximum atomic E-state index is 12.4. The Morgan fingerprint density at radius 1 is 1.14 bits per heavy atom. The minimum atomic E-state index is -1.94. The smallest absolute Gasteiger partial charge is 0.186 e. The van der Waals surface area contributed by atoms with Crippen LogP contribution in [0.1, 0.15) is 13.3 Å². The SMILES string of the molecule is CC=CC(=O)[SiH](CCCO)C(O[Si](C)(C)C)O[Si](C)(C)C. The highest BCUT2D eigenvalue weighted by Gasteiger charge is 2.36. The number of hydrogen-bond donors (Lipinski definition) is 1. The highest BCUT2D eigenvalue weighted by atomic mass is 28.4. The Kier molecular flexibility index (Phi) is 9.14. The van der Waals surface area contributed by atoms with Gasteiger partial charge in [0, 0.05) is 6.61 Å². The molecule has 0 aromatic carbocycles. The molecule has 21 heavy (non-hydrogen) atoms. The van der Waals surface area contributed by atoms with Crippen LogP contribution in [0.3, 0.4) is 0 Å². The molecular weight excluding hydrogens is 316 g/mol. The number of rotatable bonds is 10. The Bertz CT molecular complexity index is 329. The van der Waals surface area contributed by atoms with Crippen molar-refractivity contribution in [3.05, 3.63) is 12.2 Å². The molecule has 0 radical (unpaired) electrons. The van der Waals surface area contributed by atoms with Gasteiger partial charge in [-0.2, -0.15) is 0 Å². The maximum Gasteiger partial charge on any atom is 0.186 e. The fraction of sp³-hybridized carbons (Fsp3) is 0.786. The summed E-state index contributed by atoms with van der Waals surface area (Å²) in [5.74, 6) is -0.362. The van der Waals surface area contributed by atoms with Crippen LogP contribution in [0.2, 0.25) is 45.3 Å². The van der Waals surface area contributed by atoms with Crippen molar-refractivity contribution in [1.82, 2.24) is 0 Å². The highest BCUT2D eigenvalue weighted by molar-refractivity contribution is 6.93. The predicted molar refractivity (Wildman–Crippen MR) is 96.1 cm³/mol. The van der Waals surface area contributed by atoms with Crippen molar-refractivity contribution in [3.63, 3.8) is 0 Å². The lowest BCUT2D eigenvalue weighted by molar-refractivity contribution is -0.109. The number of carbonyl (C=O) groups is 1. The first-order valence-corrected chi connectivity index (χ1v) is 16.5. The molecule has 0 spiro atoms. The third-order valence-corrected chi connectivity index (χ3v) is 7.94. The molecule has 0 fully saturated rings. The lowest BCUT2D eigenvalue weighted by Crippen LogP contribution is -2.51. The Morgan fingerprint density at radius 2 is 1.62 bits per heavy atom. The number of carbonyl (C=O) groups excluding carboxylic acids is 1. The van der Waals surface area contributed by atoms with Crippen molar-refractivity contribution < 1.29 is 18.8 Å². The lowest BCUT2D eigenvalue weighted by atomic mass is 10.5. The zero-order chi connectivity index (χ0) is 16.7. The molecule has 4 nitrogen and oxygen atoms in total. The van der Waals surface area contributed by atoms with Crippen molar-refractivity contribution in [2.45, 2.75) is 64.6 Å². The molecule has 0 heterocycles. The van der Waals surface area contributed by atoms with Crippen molar-refractivity contribution in [1.29, 1.82) is 0 Å². The third-order valence-electron chi connectivity index (χ3n) is 2.64. The second-order valence-electron chi connectivity index (χ2n) is 7.20. The largest absolute Gasteiger partial charge is 0.397 e. The molecular formula is C14H32O4Si3. The van der Waals surface area contributed by atoms with Gasteiger partial charge in [-0.1, -0.05) is 6.08 Å². The Hall–Kier alpha value is -0.0594. The van der Waals surface area contributed by atoms with E-state index in [1.54, 1.807) is 12.2 Å². The van der Waals surface area contributed by atoms with E-state index < -0.39 is 25.4 Å². The molecule has 0 rings (SSSR count). The van der Waals surface area contributed by atoms with Gasteiger partial charge in [0.05, 0.1) is 0 Å². The number of hydrogen-bond acceptors (Lipinski definition) is 4. The third kappa shape index (κ3) is 10.3. The summed E-state index contributed by atoms with van der Waals surface area (Å²) in [4.78, 5) is 12.4. The highest BCUT2D eigenvalue weighted by Crippen LogP contribution is 2.19. The first kappa shape index (κ1) is 20.9. The molecule has 1 N–H and O–H groups in total. The van der Waals surface area contributed by atoms with Gasteiger partial charge in [-0.3, -0.25) is 0 Å². The molecule has 1 unspecified atom stereocenters.